The van der Waals surface area contributed by atoms with Gasteiger partial charge in [-0.1, -0.05) is 0 Å². The molecule has 1 amide bonds. The van der Waals surface area contributed by atoms with Crippen molar-refractivity contribution in [3.63, 3.8) is 0 Å². The zero-order chi connectivity index (χ0) is 14.2. The first-order valence-corrected chi connectivity index (χ1v) is 7.08. The largest absolute Gasteiger partial charge is 0.379 e. The smallest absolute Gasteiger partial charge is 0.251 e. The van der Waals surface area contributed by atoms with E-state index in [-0.39, 0.29) is 5.91 Å². The van der Waals surface area contributed by atoms with Crippen molar-refractivity contribution in [2.75, 3.05) is 51.3 Å². The van der Waals surface area contributed by atoms with Crippen molar-refractivity contribution in [2.24, 2.45) is 0 Å². The van der Waals surface area contributed by atoms with E-state index in [2.05, 4.69) is 20.5 Å². The van der Waals surface area contributed by atoms with Gasteiger partial charge < -0.3 is 15.4 Å². The van der Waals surface area contributed by atoms with Gasteiger partial charge in [-0.2, -0.15) is 0 Å². The standard InChI is InChI=1S/C14H22N4O2/c1-2-15-13-11-12(3-4-16-13)14(19)17-5-6-18-7-9-20-10-8-18/h3-4,11H,2,5-10H2,1H3,(H,15,16)(H,17,19). The summed E-state index contributed by atoms with van der Waals surface area (Å²) >= 11 is 0. The van der Waals surface area contributed by atoms with E-state index >= 15 is 0 Å². The minimum absolute atomic E-state index is 0.0557. The van der Waals surface area contributed by atoms with Gasteiger partial charge in [-0.15, -0.1) is 0 Å². The molecule has 20 heavy (non-hydrogen) atoms. The molecule has 2 heterocycles. The van der Waals surface area contributed by atoms with Gasteiger partial charge in [-0.25, -0.2) is 4.98 Å². The Bertz CT molecular complexity index is 433. The molecule has 6 heteroatoms. The molecule has 2 rings (SSSR count). The summed E-state index contributed by atoms with van der Waals surface area (Å²) in [4.78, 5) is 18.5. The summed E-state index contributed by atoms with van der Waals surface area (Å²) in [7, 11) is 0. The molecule has 0 unspecified atom stereocenters. The van der Waals surface area contributed by atoms with Crippen LogP contribution in [0.25, 0.3) is 0 Å². The number of aromatic nitrogens is 1. The second-order valence-electron chi connectivity index (χ2n) is 4.67. The molecule has 0 aromatic carbocycles. The van der Waals surface area contributed by atoms with E-state index < -0.39 is 0 Å². The van der Waals surface area contributed by atoms with Gasteiger partial charge in [0.2, 0.25) is 0 Å². The van der Waals surface area contributed by atoms with Gasteiger partial charge in [0.1, 0.15) is 5.82 Å². The third-order valence-electron chi connectivity index (χ3n) is 3.20. The molecule has 1 aliphatic rings. The molecular weight excluding hydrogens is 256 g/mol. The molecule has 1 aliphatic heterocycles. The van der Waals surface area contributed by atoms with Gasteiger partial charge in [0.25, 0.3) is 5.91 Å². The zero-order valence-corrected chi connectivity index (χ0v) is 11.9. The molecule has 2 N–H and O–H groups in total. The highest BCUT2D eigenvalue weighted by Crippen LogP contribution is 2.06. The quantitative estimate of drug-likeness (QED) is 0.796. The van der Waals surface area contributed by atoms with Crippen molar-refractivity contribution in [1.29, 1.82) is 0 Å². The van der Waals surface area contributed by atoms with E-state index in [0.717, 1.165) is 45.2 Å². The highest BCUT2D eigenvalue weighted by atomic mass is 16.5. The molecule has 0 atom stereocenters. The normalized spacial score (nSPS) is 15.8. The average molecular weight is 278 g/mol. The third-order valence-corrected chi connectivity index (χ3v) is 3.20. The molecule has 1 fully saturated rings. The van der Waals surface area contributed by atoms with Crippen LogP contribution in [0.5, 0.6) is 0 Å². The van der Waals surface area contributed by atoms with Crippen LogP contribution in [0.15, 0.2) is 18.3 Å². The number of amides is 1. The summed E-state index contributed by atoms with van der Waals surface area (Å²) in [5.41, 5.74) is 0.637. The third kappa shape index (κ3) is 4.47. The SMILES string of the molecule is CCNc1cc(C(=O)NCCN2CCOCC2)ccn1. The van der Waals surface area contributed by atoms with Crippen molar-refractivity contribution in [3.8, 4) is 0 Å². The molecule has 1 saturated heterocycles. The molecule has 0 bridgehead atoms. The second kappa shape index (κ2) is 7.81. The summed E-state index contributed by atoms with van der Waals surface area (Å²) in [5, 5.41) is 6.04. The van der Waals surface area contributed by atoms with E-state index in [1.165, 1.54) is 0 Å². The molecule has 1 aromatic rings. The number of nitrogens with one attached hydrogen (secondary N) is 2. The van der Waals surface area contributed by atoms with Gasteiger partial charge >= 0.3 is 0 Å². The maximum absolute atomic E-state index is 12.0. The second-order valence-corrected chi connectivity index (χ2v) is 4.67. The lowest BCUT2D eigenvalue weighted by Crippen LogP contribution is -2.41. The first-order chi connectivity index (χ1) is 9.79. The molecule has 6 nitrogen and oxygen atoms in total. The van der Waals surface area contributed by atoms with E-state index in [4.69, 9.17) is 4.74 Å². The summed E-state index contributed by atoms with van der Waals surface area (Å²) in [6.45, 7) is 7.74. The van der Waals surface area contributed by atoms with Crippen LogP contribution in [-0.2, 0) is 4.74 Å². The number of hydrogen-bond acceptors (Lipinski definition) is 5. The fourth-order valence-electron chi connectivity index (χ4n) is 2.10. The number of anilines is 1. The van der Waals surface area contributed by atoms with Crippen LogP contribution >= 0.6 is 0 Å². The van der Waals surface area contributed by atoms with E-state index in [1.54, 1.807) is 18.3 Å². The van der Waals surface area contributed by atoms with Gasteiger partial charge in [-0.3, -0.25) is 9.69 Å². The summed E-state index contributed by atoms with van der Waals surface area (Å²) < 4.78 is 5.29. The van der Waals surface area contributed by atoms with Gasteiger partial charge in [0, 0.05) is 44.5 Å². The van der Waals surface area contributed by atoms with E-state index in [9.17, 15) is 4.79 Å². The summed E-state index contributed by atoms with van der Waals surface area (Å²) in [6.07, 6.45) is 1.65. The van der Waals surface area contributed by atoms with Crippen molar-refractivity contribution >= 4 is 11.7 Å². The highest BCUT2D eigenvalue weighted by molar-refractivity contribution is 5.94. The van der Waals surface area contributed by atoms with Crippen molar-refractivity contribution in [3.05, 3.63) is 23.9 Å². The molecule has 0 aliphatic carbocycles. The molecule has 110 valence electrons. The maximum atomic E-state index is 12.0. The number of carbonyl (C=O) groups excluding carboxylic acids is 1. The topological polar surface area (TPSA) is 66.5 Å². The molecule has 0 radical (unpaired) electrons. The lowest BCUT2D eigenvalue weighted by molar-refractivity contribution is 0.0383. The Balaban J connectivity index is 1.77. The number of hydrogen-bond donors (Lipinski definition) is 2. The van der Waals surface area contributed by atoms with Crippen molar-refractivity contribution in [1.82, 2.24) is 15.2 Å². The van der Waals surface area contributed by atoms with Crippen LogP contribution in [0, 0.1) is 0 Å². The summed E-state index contributed by atoms with van der Waals surface area (Å²) in [5.74, 6) is 0.674. The minimum Gasteiger partial charge on any atom is -0.379 e. The first-order valence-electron chi connectivity index (χ1n) is 7.08. The van der Waals surface area contributed by atoms with Crippen molar-refractivity contribution < 1.29 is 9.53 Å². The molecular formula is C14H22N4O2. The molecule has 0 saturated carbocycles. The first kappa shape index (κ1) is 14.7. The Labute approximate surface area is 119 Å². The highest BCUT2D eigenvalue weighted by Gasteiger charge is 2.11. The number of ether oxygens (including phenoxy) is 1. The predicted molar refractivity (Wildman–Crippen MR) is 78.0 cm³/mol. The van der Waals surface area contributed by atoms with Gasteiger partial charge in [-0.05, 0) is 19.1 Å². The van der Waals surface area contributed by atoms with Gasteiger partial charge in [0.15, 0.2) is 0 Å². The lowest BCUT2D eigenvalue weighted by Gasteiger charge is -2.26. The van der Waals surface area contributed by atoms with Gasteiger partial charge in [0.05, 0.1) is 13.2 Å². The maximum Gasteiger partial charge on any atom is 0.251 e. The predicted octanol–water partition coefficient (Wildman–Crippen LogP) is 0.575. The average Bonchev–Trinajstić information content (AvgIpc) is 2.49. The fourth-order valence-corrected chi connectivity index (χ4v) is 2.10. The molecule has 0 spiro atoms. The van der Waals surface area contributed by atoms with E-state index in [0.29, 0.717) is 12.1 Å². The Kier molecular flexibility index (Phi) is 5.76. The number of pyridine rings is 1. The number of morpholine rings is 1. The molecule has 1 aromatic heterocycles. The Hall–Kier alpha value is -1.66. The fraction of sp³-hybridized carbons (Fsp3) is 0.571. The Morgan fingerprint density at radius 3 is 3.00 bits per heavy atom. The van der Waals surface area contributed by atoms with E-state index in [1.807, 2.05) is 6.92 Å². The van der Waals surface area contributed by atoms with Crippen LogP contribution in [-0.4, -0.2) is 61.7 Å². The number of carbonyl (C=O) groups is 1. The van der Waals surface area contributed by atoms with Crippen LogP contribution in [0.3, 0.4) is 0 Å². The van der Waals surface area contributed by atoms with Crippen LogP contribution in [0.4, 0.5) is 5.82 Å². The van der Waals surface area contributed by atoms with Crippen molar-refractivity contribution in [2.45, 2.75) is 6.92 Å². The van der Waals surface area contributed by atoms with Crippen LogP contribution in [0.1, 0.15) is 17.3 Å². The number of rotatable bonds is 6. The Morgan fingerprint density at radius 2 is 2.25 bits per heavy atom. The Morgan fingerprint density at radius 1 is 1.45 bits per heavy atom. The zero-order valence-electron chi connectivity index (χ0n) is 11.9. The monoisotopic (exact) mass is 278 g/mol. The lowest BCUT2D eigenvalue weighted by atomic mass is 10.2. The number of nitrogens with zero attached hydrogens (tertiary/aromatic N) is 2. The minimum atomic E-state index is -0.0557. The summed E-state index contributed by atoms with van der Waals surface area (Å²) in [6, 6.07) is 3.50. The van der Waals surface area contributed by atoms with Crippen LogP contribution < -0.4 is 10.6 Å². The van der Waals surface area contributed by atoms with Crippen LogP contribution in [0.2, 0.25) is 0 Å².